The van der Waals surface area contributed by atoms with Crippen molar-refractivity contribution in [2.24, 2.45) is 12.8 Å². The number of ether oxygens (including phenoxy) is 1. The van der Waals surface area contributed by atoms with Gasteiger partial charge in [-0.1, -0.05) is 17.7 Å². The van der Waals surface area contributed by atoms with Crippen LogP contribution in [-0.2, 0) is 13.7 Å². The molecule has 20 heavy (non-hydrogen) atoms. The van der Waals surface area contributed by atoms with E-state index in [4.69, 9.17) is 10.5 Å². The molecule has 0 fully saturated rings. The van der Waals surface area contributed by atoms with E-state index in [9.17, 15) is 0 Å². The molecular formula is C15H20BrN3O. The van der Waals surface area contributed by atoms with Gasteiger partial charge in [-0.2, -0.15) is 5.10 Å². The largest absolute Gasteiger partial charge is 0.487 e. The van der Waals surface area contributed by atoms with Gasteiger partial charge in [0, 0.05) is 18.7 Å². The Kier molecular flexibility index (Phi) is 4.50. The number of halogens is 1. The van der Waals surface area contributed by atoms with Crippen molar-refractivity contribution in [3.63, 3.8) is 0 Å². The zero-order chi connectivity index (χ0) is 14.9. The van der Waals surface area contributed by atoms with Crippen LogP contribution in [-0.4, -0.2) is 9.78 Å². The normalized spacial score (nSPS) is 12.5. The monoisotopic (exact) mass is 337 g/mol. The molecule has 0 bridgehead atoms. The van der Waals surface area contributed by atoms with Gasteiger partial charge in [0.15, 0.2) is 0 Å². The minimum atomic E-state index is -0.0541. The maximum atomic E-state index is 6.01. The summed E-state index contributed by atoms with van der Waals surface area (Å²) < 4.78 is 8.77. The molecule has 0 amide bonds. The van der Waals surface area contributed by atoms with Crippen molar-refractivity contribution >= 4 is 15.9 Å². The molecule has 1 aromatic carbocycles. The topological polar surface area (TPSA) is 53.1 Å². The molecule has 0 radical (unpaired) electrons. The molecule has 0 unspecified atom stereocenters. The van der Waals surface area contributed by atoms with E-state index in [0.29, 0.717) is 6.61 Å². The van der Waals surface area contributed by atoms with Crippen LogP contribution in [0.5, 0.6) is 5.75 Å². The van der Waals surface area contributed by atoms with Gasteiger partial charge in [-0.05, 0) is 42.8 Å². The van der Waals surface area contributed by atoms with Gasteiger partial charge >= 0.3 is 0 Å². The lowest BCUT2D eigenvalue weighted by atomic mass is 10.1. The van der Waals surface area contributed by atoms with Gasteiger partial charge < -0.3 is 10.5 Å². The van der Waals surface area contributed by atoms with Gasteiger partial charge in [0.1, 0.15) is 12.4 Å². The van der Waals surface area contributed by atoms with Crippen molar-refractivity contribution in [3.05, 3.63) is 45.2 Å². The molecule has 0 saturated heterocycles. The molecule has 1 heterocycles. The smallest absolute Gasteiger partial charge is 0.131 e. The van der Waals surface area contributed by atoms with E-state index in [1.165, 1.54) is 5.56 Å². The molecule has 0 aliphatic heterocycles. The van der Waals surface area contributed by atoms with E-state index < -0.39 is 0 Å². The van der Waals surface area contributed by atoms with Crippen molar-refractivity contribution in [3.8, 4) is 5.75 Å². The molecular weight excluding hydrogens is 318 g/mol. The Bertz CT molecular complexity index is 620. The number of hydrogen-bond donors (Lipinski definition) is 1. The Labute approximate surface area is 128 Å². The second kappa shape index (κ2) is 5.97. The Hall–Kier alpha value is -1.33. The molecule has 1 aromatic heterocycles. The van der Waals surface area contributed by atoms with Gasteiger partial charge in [0.05, 0.1) is 15.9 Å². The lowest BCUT2D eigenvalue weighted by molar-refractivity contribution is 0.289. The van der Waals surface area contributed by atoms with E-state index in [2.05, 4.69) is 34.0 Å². The molecule has 5 heteroatoms. The zero-order valence-electron chi connectivity index (χ0n) is 12.3. The fraction of sp³-hybridized carbons (Fsp3) is 0.400. The van der Waals surface area contributed by atoms with Crippen molar-refractivity contribution < 1.29 is 4.74 Å². The highest BCUT2D eigenvalue weighted by atomic mass is 79.9. The van der Waals surface area contributed by atoms with E-state index in [1.807, 2.05) is 37.7 Å². The molecule has 0 saturated carbocycles. The van der Waals surface area contributed by atoms with Crippen LogP contribution in [0.1, 0.15) is 35.5 Å². The van der Waals surface area contributed by atoms with Crippen molar-refractivity contribution in [1.82, 2.24) is 9.78 Å². The summed E-state index contributed by atoms with van der Waals surface area (Å²) in [5.41, 5.74) is 10.2. The Morgan fingerprint density at radius 1 is 1.40 bits per heavy atom. The van der Waals surface area contributed by atoms with Crippen LogP contribution in [0.2, 0.25) is 0 Å². The Morgan fingerprint density at radius 2 is 2.10 bits per heavy atom. The number of hydrogen-bond acceptors (Lipinski definition) is 3. The number of aromatic nitrogens is 2. The lowest BCUT2D eigenvalue weighted by Crippen LogP contribution is -2.10. The Balaban J connectivity index is 2.23. The number of aryl methyl sites for hydroxylation is 3. The minimum Gasteiger partial charge on any atom is -0.487 e. The highest BCUT2D eigenvalue weighted by Gasteiger charge is 2.13. The third-order valence-corrected chi connectivity index (χ3v) is 4.31. The van der Waals surface area contributed by atoms with Gasteiger partial charge in [-0.25, -0.2) is 0 Å². The standard InChI is InChI=1S/C15H20BrN3O/c1-9-5-6-14(12(7-9)10(2)17)20-8-13-15(16)11(3)18-19(13)4/h5-7,10H,8,17H2,1-4H3/t10-/m0/s1. The second-order valence-corrected chi connectivity index (χ2v) is 5.88. The summed E-state index contributed by atoms with van der Waals surface area (Å²) in [4.78, 5) is 0. The first-order chi connectivity index (χ1) is 9.40. The average Bonchev–Trinajstić information content (AvgIpc) is 2.62. The summed E-state index contributed by atoms with van der Waals surface area (Å²) in [6, 6.07) is 6.03. The molecule has 0 spiro atoms. The lowest BCUT2D eigenvalue weighted by Gasteiger charge is -2.15. The third-order valence-electron chi connectivity index (χ3n) is 3.28. The van der Waals surface area contributed by atoms with E-state index >= 15 is 0 Å². The molecule has 1 atom stereocenters. The number of rotatable bonds is 4. The molecule has 108 valence electrons. The third kappa shape index (κ3) is 3.04. The zero-order valence-corrected chi connectivity index (χ0v) is 13.9. The van der Waals surface area contributed by atoms with Crippen LogP contribution < -0.4 is 10.5 Å². The maximum absolute atomic E-state index is 6.01. The molecule has 0 aliphatic rings. The first-order valence-electron chi connectivity index (χ1n) is 6.57. The highest BCUT2D eigenvalue weighted by Crippen LogP contribution is 2.27. The predicted octanol–water partition coefficient (Wildman–Crippen LogP) is 3.40. The summed E-state index contributed by atoms with van der Waals surface area (Å²) in [7, 11) is 1.91. The summed E-state index contributed by atoms with van der Waals surface area (Å²) in [6.07, 6.45) is 0. The van der Waals surface area contributed by atoms with Gasteiger partial charge in [0.25, 0.3) is 0 Å². The summed E-state index contributed by atoms with van der Waals surface area (Å²) in [6.45, 7) is 6.44. The minimum absolute atomic E-state index is 0.0541. The van der Waals surface area contributed by atoms with Gasteiger partial charge in [-0.15, -0.1) is 0 Å². The fourth-order valence-corrected chi connectivity index (χ4v) is 2.59. The summed E-state index contributed by atoms with van der Waals surface area (Å²) in [5, 5.41) is 4.36. The van der Waals surface area contributed by atoms with Gasteiger partial charge in [-0.3, -0.25) is 4.68 Å². The predicted molar refractivity (Wildman–Crippen MR) is 83.8 cm³/mol. The highest BCUT2D eigenvalue weighted by molar-refractivity contribution is 9.10. The van der Waals surface area contributed by atoms with E-state index in [-0.39, 0.29) is 6.04 Å². The number of nitrogens with zero attached hydrogens (tertiary/aromatic N) is 2. The number of benzene rings is 1. The summed E-state index contributed by atoms with van der Waals surface area (Å²) in [5.74, 6) is 0.830. The summed E-state index contributed by atoms with van der Waals surface area (Å²) >= 11 is 3.55. The molecule has 2 N–H and O–H groups in total. The van der Waals surface area contributed by atoms with Crippen LogP contribution in [0.25, 0.3) is 0 Å². The fourth-order valence-electron chi connectivity index (χ4n) is 2.14. The average molecular weight is 338 g/mol. The second-order valence-electron chi connectivity index (χ2n) is 5.09. The Morgan fingerprint density at radius 3 is 2.65 bits per heavy atom. The van der Waals surface area contributed by atoms with Crippen LogP contribution in [0.15, 0.2) is 22.7 Å². The van der Waals surface area contributed by atoms with Crippen LogP contribution in [0.4, 0.5) is 0 Å². The quantitative estimate of drug-likeness (QED) is 0.930. The first kappa shape index (κ1) is 15.1. The van der Waals surface area contributed by atoms with Crippen molar-refractivity contribution in [2.45, 2.75) is 33.4 Å². The molecule has 0 aliphatic carbocycles. The van der Waals surface area contributed by atoms with E-state index in [0.717, 1.165) is 27.2 Å². The SMILES string of the molecule is Cc1ccc(OCc2c(Br)c(C)nn2C)c([C@H](C)N)c1. The molecule has 2 rings (SSSR count). The van der Waals surface area contributed by atoms with Crippen molar-refractivity contribution in [2.75, 3.05) is 0 Å². The molecule has 2 aromatic rings. The van der Waals surface area contributed by atoms with Crippen molar-refractivity contribution in [1.29, 1.82) is 0 Å². The van der Waals surface area contributed by atoms with Gasteiger partial charge in [0.2, 0.25) is 0 Å². The number of nitrogens with two attached hydrogens (primary N) is 1. The van der Waals surface area contributed by atoms with Crippen LogP contribution >= 0.6 is 15.9 Å². The maximum Gasteiger partial charge on any atom is 0.131 e. The van der Waals surface area contributed by atoms with Crippen LogP contribution in [0.3, 0.4) is 0 Å². The molecule has 4 nitrogen and oxygen atoms in total. The van der Waals surface area contributed by atoms with Crippen LogP contribution in [0, 0.1) is 13.8 Å². The van der Waals surface area contributed by atoms with E-state index in [1.54, 1.807) is 0 Å². The first-order valence-corrected chi connectivity index (χ1v) is 7.36.